The van der Waals surface area contributed by atoms with Gasteiger partial charge in [0.15, 0.2) is 0 Å². The molecule has 96 valence electrons. The number of nitrogens with zero attached hydrogens (tertiary/aromatic N) is 3. The zero-order chi connectivity index (χ0) is 13.3. The second-order valence-corrected chi connectivity index (χ2v) is 4.43. The number of carboxylic acids is 1. The van der Waals surface area contributed by atoms with E-state index in [-0.39, 0.29) is 24.0 Å². The summed E-state index contributed by atoms with van der Waals surface area (Å²) >= 11 is 0. The molecule has 0 saturated carbocycles. The Morgan fingerprint density at radius 3 is 2.89 bits per heavy atom. The molecule has 2 unspecified atom stereocenters. The minimum absolute atomic E-state index is 0.0517. The summed E-state index contributed by atoms with van der Waals surface area (Å²) < 4.78 is 0. The molecule has 0 aliphatic carbocycles. The number of carbonyl (C=O) groups is 1. The normalized spacial score (nSPS) is 23.1. The summed E-state index contributed by atoms with van der Waals surface area (Å²) in [6.07, 6.45) is 1.47. The van der Waals surface area contributed by atoms with Gasteiger partial charge in [-0.05, 0) is 12.0 Å². The van der Waals surface area contributed by atoms with Crippen LogP contribution in [0.1, 0.15) is 6.92 Å². The molecule has 1 aromatic heterocycles. The first-order valence-electron chi connectivity index (χ1n) is 5.58. The molecule has 1 fully saturated rings. The smallest absolute Gasteiger partial charge is 0.311 e. The standard InChI is InChI=1S/C11H13N3O4/c1-7-5-13(6-8(7)11(15)16)10-9(14(17)18)3-2-4-12-10/h2-4,7-8H,5-6H2,1H3,(H,15,16). The molecular weight excluding hydrogens is 238 g/mol. The van der Waals surface area contributed by atoms with E-state index in [9.17, 15) is 14.9 Å². The molecule has 7 heteroatoms. The molecular formula is C11H13N3O4. The van der Waals surface area contributed by atoms with Crippen molar-refractivity contribution in [3.05, 3.63) is 28.4 Å². The third-order valence-corrected chi connectivity index (χ3v) is 3.19. The van der Waals surface area contributed by atoms with Crippen LogP contribution >= 0.6 is 0 Å². The maximum absolute atomic E-state index is 11.0. The van der Waals surface area contributed by atoms with Crippen molar-refractivity contribution >= 4 is 17.5 Å². The molecule has 1 aliphatic rings. The third kappa shape index (κ3) is 2.11. The van der Waals surface area contributed by atoms with E-state index in [1.165, 1.54) is 18.3 Å². The predicted molar refractivity (Wildman–Crippen MR) is 63.4 cm³/mol. The third-order valence-electron chi connectivity index (χ3n) is 3.19. The Hall–Kier alpha value is -2.18. The molecule has 1 aliphatic heterocycles. The molecule has 0 aromatic carbocycles. The van der Waals surface area contributed by atoms with Crippen molar-refractivity contribution in [1.82, 2.24) is 4.98 Å². The van der Waals surface area contributed by atoms with E-state index in [0.717, 1.165) is 0 Å². The first-order chi connectivity index (χ1) is 8.50. The van der Waals surface area contributed by atoms with Gasteiger partial charge in [0.05, 0.1) is 10.8 Å². The number of anilines is 1. The Balaban J connectivity index is 2.29. The lowest BCUT2D eigenvalue weighted by atomic mass is 9.99. The molecule has 0 amide bonds. The van der Waals surface area contributed by atoms with Gasteiger partial charge in [-0.25, -0.2) is 4.98 Å². The lowest BCUT2D eigenvalue weighted by molar-refractivity contribution is -0.384. The van der Waals surface area contributed by atoms with Gasteiger partial charge in [0, 0.05) is 25.4 Å². The molecule has 2 atom stereocenters. The van der Waals surface area contributed by atoms with Gasteiger partial charge < -0.3 is 10.0 Å². The van der Waals surface area contributed by atoms with Gasteiger partial charge in [-0.1, -0.05) is 6.92 Å². The van der Waals surface area contributed by atoms with E-state index in [4.69, 9.17) is 5.11 Å². The van der Waals surface area contributed by atoms with E-state index in [0.29, 0.717) is 6.54 Å². The van der Waals surface area contributed by atoms with Gasteiger partial charge in [0.2, 0.25) is 5.82 Å². The van der Waals surface area contributed by atoms with E-state index >= 15 is 0 Å². The zero-order valence-electron chi connectivity index (χ0n) is 9.81. The summed E-state index contributed by atoms with van der Waals surface area (Å²) in [6, 6.07) is 2.87. The molecule has 0 spiro atoms. The summed E-state index contributed by atoms with van der Waals surface area (Å²) in [6.45, 7) is 2.55. The van der Waals surface area contributed by atoms with Crippen molar-refractivity contribution in [2.24, 2.45) is 11.8 Å². The number of rotatable bonds is 3. The van der Waals surface area contributed by atoms with Crippen LogP contribution in [0.4, 0.5) is 11.5 Å². The van der Waals surface area contributed by atoms with Crippen LogP contribution in [0.5, 0.6) is 0 Å². The van der Waals surface area contributed by atoms with Crippen LogP contribution < -0.4 is 4.90 Å². The van der Waals surface area contributed by atoms with Crippen LogP contribution in [0.25, 0.3) is 0 Å². The molecule has 18 heavy (non-hydrogen) atoms. The number of aliphatic carboxylic acids is 1. The zero-order valence-corrected chi connectivity index (χ0v) is 9.81. The highest BCUT2D eigenvalue weighted by Crippen LogP contribution is 2.32. The van der Waals surface area contributed by atoms with E-state index in [1.807, 2.05) is 6.92 Å². The molecule has 1 aromatic rings. The molecule has 1 saturated heterocycles. The molecule has 7 nitrogen and oxygen atoms in total. The SMILES string of the molecule is CC1CN(c2ncccc2[N+](=O)[O-])CC1C(=O)O. The van der Waals surface area contributed by atoms with Crippen LogP contribution in [0.15, 0.2) is 18.3 Å². The fourth-order valence-corrected chi connectivity index (χ4v) is 2.24. The Labute approximate surface area is 103 Å². The van der Waals surface area contributed by atoms with E-state index in [1.54, 1.807) is 4.90 Å². The summed E-state index contributed by atoms with van der Waals surface area (Å²) in [4.78, 5) is 27.1. The minimum Gasteiger partial charge on any atom is -0.481 e. The average Bonchev–Trinajstić information content (AvgIpc) is 2.71. The van der Waals surface area contributed by atoms with Crippen molar-refractivity contribution in [1.29, 1.82) is 0 Å². The Bertz CT molecular complexity index is 491. The van der Waals surface area contributed by atoms with Gasteiger partial charge in [-0.15, -0.1) is 0 Å². The fraction of sp³-hybridized carbons (Fsp3) is 0.455. The van der Waals surface area contributed by atoms with Crippen molar-refractivity contribution in [3.8, 4) is 0 Å². The van der Waals surface area contributed by atoms with Gasteiger partial charge >= 0.3 is 11.7 Å². The fourth-order valence-electron chi connectivity index (χ4n) is 2.24. The number of aromatic nitrogens is 1. The van der Waals surface area contributed by atoms with Gasteiger partial charge in [0.25, 0.3) is 0 Å². The van der Waals surface area contributed by atoms with Gasteiger partial charge in [-0.3, -0.25) is 14.9 Å². The quantitative estimate of drug-likeness (QED) is 0.639. The molecule has 0 bridgehead atoms. The number of carboxylic acid groups (broad SMARTS) is 1. The van der Waals surface area contributed by atoms with Crippen molar-refractivity contribution in [2.75, 3.05) is 18.0 Å². The lowest BCUT2D eigenvalue weighted by Crippen LogP contribution is -2.24. The maximum atomic E-state index is 11.0. The van der Waals surface area contributed by atoms with Gasteiger partial charge in [-0.2, -0.15) is 0 Å². The number of hydrogen-bond donors (Lipinski definition) is 1. The first kappa shape index (κ1) is 12.3. The van der Waals surface area contributed by atoms with Crippen LogP contribution in [0, 0.1) is 22.0 Å². The Morgan fingerprint density at radius 2 is 2.33 bits per heavy atom. The highest BCUT2D eigenvalue weighted by Gasteiger charge is 2.37. The molecule has 0 radical (unpaired) electrons. The maximum Gasteiger partial charge on any atom is 0.311 e. The number of hydrogen-bond acceptors (Lipinski definition) is 5. The molecule has 2 heterocycles. The largest absolute Gasteiger partial charge is 0.481 e. The Kier molecular flexibility index (Phi) is 3.14. The van der Waals surface area contributed by atoms with Crippen LogP contribution in [-0.2, 0) is 4.79 Å². The van der Waals surface area contributed by atoms with Gasteiger partial charge in [0.1, 0.15) is 0 Å². The summed E-state index contributed by atoms with van der Waals surface area (Å²) in [5.41, 5.74) is -0.0873. The summed E-state index contributed by atoms with van der Waals surface area (Å²) in [7, 11) is 0. The monoisotopic (exact) mass is 251 g/mol. The average molecular weight is 251 g/mol. The van der Waals surface area contributed by atoms with Crippen molar-refractivity contribution in [3.63, 3.8) is 0 Å². The van der Waals surface area contributed by atoms with Crippen LogP contribution in [-0.4, -0.2) is 34.1 Å². The highest BCUT2D eigenvalue weighted by molar-refractivity contribution is 5.73. The molecule has 2 rings (SSSR count). The number of pyridine rings is 1. The van der Waals surface area contributed by atoms with Crippen LogP contribution in [0.2, 0.25) is 0 Å². The Morgan fingerprint density at radius 1 is 1.61 bits per heavy atom. The topological polar surface area (TPSA) is 96.6 Å². The summed E-state index contributed by atoms with van der Waals surface area (Å²) in [5.74, 6) is -1.18. The van der Waals surface area contributed by atoms with Crippen molar-refractivity contribution < 1.29 is 14.8 Å². The van der Waals surface area contributed by atoms with Crippen molar-refractivity contribution in [2.45, 2.75) is 6.92 Å². The van der Waals surface area contributed by atoms with Crippen LogP contribution in [0.3, 0.4) is 0 Å². The highest BCUT2D eigenvalue weighted by atomic mass is 16.6. The second-order valence-electron chi connectivity index (χ2n) is 4.43. The first-order valence-corrected chi connectivity index (χ1v) is 5.58. The predicted octanol–water partition coefficient (Wildman–Crippen LogP) is 1.15. The lowest BCUT2D eigenvalue weighted by Gasteiger charge is -2.16. The minimum atomic E-state index is -0.872. The second kappa shape index (κ2) is 4.59. The number of nitro groups is 1. The van der Waals surface area contributed by atoms with E-state index in [2.05, 4.69) is 4.98 Å². The summed E-state index contributed by atoms with van der Waals surface area (Å²) in [5, 5.41) is 19.9. The molecule has 1 N–H and O–H groups in total. The van der Waals surface area contributed by atoms with E-state index < -0.39 is 16.8 Å².